The van der Waals surface area contributed by atoms with Crippen LogP contribution in [0.1, 0.15) is 54.6 Å². The number of aromatic nitrogens is 7. The molecule has 282 valence electrons. The molecule has 1 aliphatic carbocycles. The Kier molecular flexibility index (Phi) is 11.3. The first-order valence-corrected chi connectivity index (χ1v) is 17.4. The molecule has 5 atom stereocenters. The lowest BCUT2D eigenvalue weighted by Crippen LogP contribution is -2.32. The predicted octanol–water partition coefficient (Wildman–Crippen LogP) is 3.91. The summed E-state index contributed by atoms with van der Waals surface area (Å²) < 4.78 is 33.6. The van der Waals surface area contributed by atoms with Crippen LogP contribution < -0.4 is 10.2 Å². The topological polar surface area (TPSA) is 171 Å². The Labute approximate surface area is 303 Å². The van der Waals surface area contributed by atoms with Crippen molar-refractivity contribution in [3.05, 3.63) is 90.0 Å². The number of aliphatic hydroxyl groups excluding tert-OH is 2. The summed E-state index contributed by atoms with van der Waals surface area (Å²) in [5.74, 6) is -1.39. The molecule has 4 heterocycles. The number of benzene rings is 2. The van der Waals surface area contributed by atoms with Gasteiger partial charge >= 0.3 is 12.1 Å². The molecule has 2 fully saturated rings. The number of nitrogens with zero attached hydrogens (tertiary/aromatic N) is 9. The number of nitrogens with one attached hydrogen (secondary N) is 1. The molecule has 2 aromatic carbocycles. The summed E-state index contributed by atoms with van der Waals surface area (Å²) in [7, 11) is 4.21. The van der Waals surface area contributed by atoms with Crippen molar-refractivity contribution in [2.45, 2.75) is 68.6 Å². The summed E-state index contributed by atoms with van der Waals surface area (Å²) in [4.78, 5) is 29.8. The molecule has 17 heteroatoms. The number of fused-ring (bicyclic) bond motifs is 1. The zero-order valence-corrected chi connectivity index (χ0v) is 29.5. The first-order valence-electron chi connectivity index (χ1n) is 17.4. The van der Waals surface area contributed by atoms with Crippen LogP contribution in [0.4, 0.5) is 24.9 Å². The van der Waals surface area contributed by atoms with Crippen molar-refractivity contribution in [2.24, 2.45) is 0 Å². The fourth-order valence-electron chi connectivity index (χ4n) is 6.88. The van der Waals surface area contributed by atoms with E-state index in [1.165, 1.54) is 15.9 Å². The molecule has 0 amide bonds. The molecule has 5 aromatic rings. The molecule has 7 rings (SSSR count). The molecule has 1 saturated heterocycles. The molecule has 53 heavy (non-hydrogen) atoms. The lowest BCUT2D eigenvalue weighted by molar-refractivity contribution is -0.192. The number of hydrogen-bond donors (Lipinski definition) is 4. The normalized spacial score (nSPS) is 21.7. The molecule has 3 aromatic heterocycles. The number of carboxylic acid groups (broad SMARTS) is 1. The Bertz CT molecular complexity index is 1940. The minimum absolute atomic E-state index is 0.0880. The van der Waals surface area contributed by atoms with Crippen LogP contribution in [0, 0.1) is 0 Å². The van der Waals surface area contributed by atoms with Gasteiger partial charge in [-0.05, 0) is 44.5 Å². The molecule has 0 radical (unpaired) electrons. The zero-order chi connectivity index (χ0) is 37.9. The number of hydrogen-bond acceptors (Lipinski definition) is 11. The third kappa shape index (κ3) is 8.26. The Morgan fingerprint density at radius 1 is 1.00 bits per heavy atom. The van der Waals surface area contributed by atoms with E-state index < -0.39 is 36.4 Å². The number of likely N-dealkylation sites (N-methyl/N-ethyl adjacent to an activating group) is 1. The number of anilines is 2. The molecule has 0 bridgehead atoms. The summed E-state index contributed by atoms with van der Waals surface area (Å²) >= 11 is 0. The Morgan fingerprint density at radius 2 is 1.62 bits per heavy atom. The van der Waals surface area contributed by atoms with Crippen molar-refractivity contribution in [2.75, 3.05) is 43.9 Å². The predicted molar refractivity (Wildman–Crippen MR) is 191 cm³/mol. The molecule has 0 unspecified atom stereocenters. The maximum absolute atomic E-state index is 11.3. The van der Waals surface area contributed by atoms with E-state index in [1.54, 1.807) is 12.5 Å². The van der Waals surface area contributed by atoms with Crippen molar-refractivity contribution in [1.29, 1.82) is 0 Å². The number of aliphatic hydroxyl groups is 2. The van der Waals surface area contributed by atoms with Gasteiger partial charge in [0, 0.05) is 31.6 Å². The summed E-state index contributed by atoms with van der Waals surface area (Å²) in [5.41, 5.74) is 4.51. The van der Waals surface area contributed by atoms with E-state index in [2.05, 4.69) is 87.9 Å². The summed E-state index contributed by atoms with van der Waals surface area (Å²) in [6, 6.07) is 20.4. The van der Waals surface area contributed by atoms with Crippen LogP contribution in [0.3, 0.4) is 0 Å². The first-order chi connectivity index (χ1) is 25.3. The molecule has 2 aliphatic rings. The number of aliphatic carboxylic acids is 1. The van der Waals surface area contributed by atoms with Crippen molar-refractivity contribution < 1.29 is 33.3 Å². The third-order valence-electron chi connectivity index (χ3n) is 9.90. The van der Waals surface area contributed by atoms with Gasteiger partial charge in [0.05, 0.1) is 24.3 Å². The molecule has 14 nitrogen and oxygen atoms in total. The third-order valence-corrected chi connectivity index (χ3v) is 9.90. The number of carbonyl (C=O) groups is 1. The van der Waals surface area contributed by atoms with Crippen LogP contribution in [-0.4, -0.2) is 119 Å². The van der Waals surface area contributed by atoms with E-state index in [0.717, 1.165) is 31.6 Å². The SMILES string of the molecule is CCc1cnn([C@H]2C[C@@H](n3cnc4c(NCC(c5ccccc5)c5ccccc5)nc(N5CC[C@@H](N(C)C)C5)nc43)[C@H](O)[C@@H]2O)n1.O=C(O)C(F)(F)F. The zero-order valence-electron chi connectivity index (χ0n) is 29.5. The maximum atomic E-state index is 11.3. The number of aryl methyl sites for hydroxylation is 1. The van der Waals surface area contributed by atoms with Crippen molar-refractivity contribution in [3.8, 4) is 0 Å². The second-order valence-electron chi connectivity index (χ2n) is 13.5. The summed E-state index contributed by atoms with van der Waals surface area (Å²) in [6.07, 6.45) is -1.53. The molecule has 4 N–H and O–H groups in total. The first kappa shape index (κ1) is 37.6. The molecular weight excluding hydrogens is 693 g/mol. The fourth-order valence-corrected chi connectivity index (χ4v) is 6.88. The number of rotatable bonds is 10. The Balaban J connectivity index is 0.000000626. The largest absolute Gasteiger partial charge is 0.490 e. The molecule has 1 aliphatic heterocycles. The Morgan fingerprint density at radius 3 is 2.17 bits per heavy atom. The van der Waals surface area contributed by atoms with Gasteiger partial charge in [-0.1, -0.05) is 67.6 Å². The van der Waals surface area contributed by atoms with Gasteiger partial charge in [0.15, 0.2) is 17.0 Å². The van der Waals surface area contributed by atoms with Gasteiger partial charge < -0.3 is 35.0 Å². The van der Waals surface area contributed by atoms with E-state index in [-0.39, 0.29) is 5.92 Å². The average Bonchev–Trinajstić information content (AvgIpc) is 3.96. The highest BCUT2D eigenvalue weighted by atomic mass is 19.4. The van der Waals surface area contributed by atoms with Crippen LogP contribution >= 0.6 is 0 Å². The quantitative estimate of drug-likeness (QED) is 0.163. The van der Waals surface area contributed by atoms with E-state index in [4.69, 9.17) is 24.9 Å². The lowest BCUT2D eigenvalue weighted by Gasteiger charge is -2.23. The van der Waals surface area contributed by atoms with Gasteiger partial charge in [-0.25, -0.2) is 9.78 Å². The Hall–Kier alpha value is -5.13. The summed E-state index contributed by atoms with van der Waals surface area (Å²) in [6.45, 7) is 4.28. The standard InChI is InChI=1S/C34H42N10O2.C2HF3O2/c1-4-24-18-37-44(40-24)28-17-27(30(45)31(28)46)43-21-36-29-32(38-34(39-33(29)43)42-16-15-25(20-42)41(2)3)35-19-26(22-11-7-5-8-12-22)23-13-9-6-10-14-23;3-2(4,5)1(6)7/h5-14,18,21,25-28,30-31,45-46H,4,15-17,19-20H2,1-3H3,(H,35,38,39);(H,6,7)/t25-,27-,28+,30+,31-;/m1./s1. The number of carboxylic acids is 1. The maximum Gasteiger partial charge on any atom is 0.490 e. The molecule has 0 spiro atoms. The van der Waals surface area contributed by atoms with Crippen LogP contribution in [0.25, 0.3) is 11.2 Å². The van der Waals surface area contributed by atoms with Gasteiger partial charge in [-0.3, -0.25) is 0 Å². The minimum Gasteiger partial charge on any atom is -0.475 e. The molecular formula is C36H43F3N10O4. The smallest absolute Gasteiger partial charge is 0.475 e. The van der Waals surface area contributed by atoms with E-state index in [1.807, 2.05) is 23.6 Å². The average molecular weight is 737 g/mol. The van der Waals surface area contributed by atoms with Gasteiger partial charge in [-0.2, -0.15) is 38.1 Å². The van der Waals surface area contributed by atoms with Crippen LogP contribution in [0.15, 0.2) is 73.2 Å². The minimum atomic E-state index is -5.08. The highest BCUT2D eigenvalue weighted by molar-refractivity contribution is 5.84. The van der Waals surface area contributed by atoms with Gasteiger partial charge in [-0.15, -0.1) is 0 Å². The second-order valence-corrected chi connectivity index (χ2v) is 13.5. The van der Waals surface area contributed by atoms with E-state index in [0.29, 0.717) is 41.9 Å². The van der Waals surface area contributed by atoms with Crippen molar-refractivity contribution in [3.63, 3.8) is 0 Å². The van der Waals surface area contributed by atoms with Gasteiger partial charge in [0.2, 0.25) is 5.95 Å². The highest BCUT2D eigenvalue weighted by Gasteiger charge is 2.45. The van der Waals surface area contributed by atoms with E-state index >= 15 is 0 Å². The van der Waals surface area contributed by atoms with Crippen LogP contribution in [-0.2, 0) is 11.2 Å². The molecule has 1 saturated carbocycles. The van der Waals surface area contributed by atoms with Crippen LogP contribution in [0.5, 0.6) is 0 Å². The monoisotopic (exact) mass is 736 g/mol. The number of imidazole rings is 1. The highest BCUT2D eigenvalue weighted by Crippen LogP contribution is 2.40. The van der Waals surface area contributed by atoms with Crippen molar-refractivity contribution in [1.82, 2.24) is 39.4 Å². The summed E-state index contributed by atoms with van der Waals surface area (Å²) in [5, 5.41) is 42.1. The number of alkyl halides is 3. The van der Waals surface area contributed by atoms with Crippen molar-refractivity contribution >= 4 is 28.9 Å². The van der Waals surface area contributed by atoms with Gasteiger partial charge in [0.1, 0.15) is 18.2 Å². The number of halogens is 3. The van der Waals surface area contributed by atoms with Gasteiger partial charge in [0.25, 0.3) is 0 Å². The van der Waals surface area contributed by atoms with E-state index in [9.17, 15) is 23.4 Å². The van der Waals surface area contributed by atoms with Crippen LogP contribution in [0.2, 0.25) is 0 Å². The fraction of sp³-hybridized carbons (Fsp3) is 0.444. The lowest BCUT2D eigenvalue weighted by atomic mass is 9.91. The second kappa shape index (κ2) is 15.9.